The second-order valence-corrected chi connectivity index (χ2v) is 22.0. The summed E-state index contributed by atoms with van der Waals surface area (Å²) in [5, 5.41) is 33.1. The number of likely N-dealkylation sites (N-methyl/N-ethyl adjacent to an activating group) is 2. The Kier molecular flexibility index (Phi) is 22.9. The van der Waals surface area contributed by atoms with Gasteiger partial charge < -0.3 is 60.6 Å². The fraction of sp³-hybridized carbons (Fsp3) is 0.722. The SMILES string of the molecule is CC[C@H](C)[C@@H]1NC(=O)[C@H](NC(=O)[C@@H](CC(C)C)N(C)C(=O)[C@@H]2CCCN2C(=O)[C@@H](C)O)[C@H](C)OC(=O)[C@H](Cc2ccc(OC)cc2)N(C)C(=O)[C@@H]2CCCN2C(=O)[C@H](CC(C)C)NC(=O)[C@H](C(C)C)NC(=O)C[C@@H]1O. The van der Waals surface area contributed by atoms with Crippen molar-refractivity contribution < 1.29 is 62.8 Å². The molecule has 0 aliphatic carbocycles. The molecule has 3 saturated heterocycles. The van der Waals surface area contributed by atoms with Crippen molar-refractivity contribution in [1.29, 1.82) is 0 Å². The molecule has 0 spiro atoms. The molecule has 12 atom stereocenters. The zero-order valence-electron chi connectivity index (χ0n) is 46.4. The maximum atomic E-state index is 14.9. The number of aliphatic hydroxyl groups is 2. The molecule has 1 aromatic carbocycles. The third-order valence-electron chi connectivity index (χ3n) is 14.8. The first kappa shape index (κ1) is 61.7. The van der Waals surface area contributed by atoms with Crippen molar-refractivity contribution in [3.8, 4) is 5.75 Å². The summed E-state index contributed by atoms with van der Waals surface area (Å²) in [5.41, 5.74) is 0.602. The smallest absolute Gasteiger partial charge is 0.329 e. The molecule has 3 heterocycles. The molecule has 0 saturated carbocycles. The van der Waals surface area contributed by atoms with Gasteiger partial charge in [0.15, 0.2) is 0 Å². The number of hydrogen-bond donors (Lipinski definition) is 6. The topological polar surface area (TPSA) is 274 Å². The number of cyclic esters (lactones) is 1. The molecule has 21 nitrogen and oxygen atoms in total. The number of fused-ring (bicyclic) bond motifs is 1. The normalized spacial score (nSPS) is 27.2. The van der Waals surface area contributed by atoms with Crippen LogP contribution in [0.1, 0.15) is 126 Å². The number of ether oxygens (including phenoxy) is 2. The van der Waals surface area contributed by atoms with Gasteiger partial charge in [-0.1, -0.05) is 73.9 Å². The van der Waals surface area contributed by atoms with E-state index in [2.05, 4.69) is 21.3 Å². The minimum atomic E-state index is -1.71. The molecule has 75 heavy (non-hydrogen) atoms. The van der Waals surface area contributed by atoms with Gasteiger partial charge in [0.25, 0.3) is 5.91 Å². The molecular weight excluding hydrogens is 969 g/mol. The van der Waals surface area contributed by atoms with E-state index in [1.54, 1.807) is 45.0 Å². The van der Waals surface area contributed by atoms with Crippen LogP contribution in [0.4, 0.5) is 0 Å². The highest BCUT2D eigenvalue weighted by atomic mass is 16.5. The van der Waals surface area contributed by atoms with Crippen LogP contribution in [0.25, 0.3) is 0 Å². The molecule has 0 aromatic heterocycles. The van der Waals surface area contributed by atoms with Crippen LogP contribution in [0.5, 0.6) is 5.75 Å². The summed E-state index contributed by atoms with van der Waals surface area (Å²) in [6, 6.07) is -2.85. The Morgan fingerprint density at radius 2 is 1.52 bits per heavy atom. The summed E-state index contributed by atoms with van der Waals surface area (Å²) < 4.78 is 11.5. The van der Waals surface area contributed by atoms with Crippen LogP contribution >= 0.6 is 0 Å². The lowest BCUT2D eigenvalue weighted by Gasteiger charge is -2.36. The van der Waals surface area contributed by atoms with Crippen molar-refractivity contribution in [2.24, 2.45) is 23.7 Å². The standard InChI is InChI=1S/C54H86N8O13/c1-14-32(8)45-42(64)28-43(65)56-44(31(6)7)48(67)55-37(25-29(2)3)51(70)62-24-16-18-39(62)53(72)60(12)41(27-35-19-21-36(74-13)22-20-35)54(73)75-34(10)46(49(68)57-45)58-47(66)40(26-30(4)5)59(11)52(71)38-17-15-23-61(38)50(69)33(9)63/h19-22,29-34,37-42,44-46,63-64H,14-18,23-28H2,1-13H3,(H,55,67)(H,56,65)(H,57,68)(H,58,66)/t32-,33+,34-,37-,38-,39-,40+,41-,42-,44-,45-,46+/m0/s1. The second-order valence-electron chi connectivity index (χ2n) is 22.0. The lowest BCUT2D eigenvalue weighted by molar-refractivity contribution is -0.162. The Balaban J connectivity index is 1.87. The summed E-state index contributed by atoms with van der Waals surface area (Å²) >= 11 is 0. The number of nitrogens with zero attached hydrogens (tertiary/aromatic N) is 4. The molecule has 21 heteroatoms. The Hall–Kier alpha value is -5.83. The molecule has 4 rings (SSSR count). The molecular formula is C54H86N8O13. The summed E-state index contributed by atoms with van der Waals surface area (Å²) in [4.78, 5) is 134. The van der Waals surface area contributed by atoms with Crippen LogP contribution in [0.15, 0.2) is 24.3 Å². The van der Waals surface area contributed by atoms with E-state index in [9.17, 15) is 53.4 Å². The molecule has 6 N–H and O–H groups in total. The van der Waals surface area contributed by atoms with Crippen molar-refractivity contribution in [1.82, 2.24) is 40.9 Å². The van der Waals surface area contributed by atoms with Crippen molar-refractivity contribution in [3.05, 3.63) is 29.8 Å². The summed E-state index contributed by atoms with van der Waals surface area (Å²) in [6.45, 7) is 17.6. The summed E-state index contributed by atoms with van der Waals surface area (Å²) in [7, 11) is 4.35. The van der Waals surface area contributed by atoms with Gasteiger partial charge in [0, 0.05) is 33.6 Å². The van der Waals surface area contributed by atoms with Crippen molar-refractivity contribution in [2.75, 3.05) is 34.3 Å². The van der Waals surface area contributed by atoms with E-state index in [1.807, 2.05) is 34.6 Å². The molecule has 3 aliphatic rings. The number of methoxy groups -OCH3 is 1. The largest absolute Gasteiger partial charge is 0.497 e. The van der Waals surface area contributed by atoms with Gasteiger partial charge in [-0.2, -0.15) is 0 Å². The maximum Gasteiger partial charge on any atom is 0.329 e. The average molecular weight is 1060 g/mol. The zero-order chi connectivity index (χ0) is 56.2. The van der Waals surface area contributed by atoms with Crippen molar-refractivity contribution in [2.45, 2.75) is 194 Å². The molecule has 0 radical (unpaired) electrons. The lowest BCUT2D eigenvalue weighted by Crippen LogP contribution is -2.62. The third-order valence-corrected chi connectivity index (χ3v) is 14.8. The van der Waals surface area contributed by atoms with Gasteiger partial charge in [-0.05, 0) is 93.7 Å². The van der Waals surface area contributed by atoms with Gasteiger partial charge >= 0.3 is 5.97 Å². The molecule has 3 fully saturated rings. The fourth-order valence-electron chi connectivity index (χ4n) is 10.2. The predicted octanol–water partition coefficient (Wildman–Crippen LogP) is 1.68. The van der Waals surface area contributed by atoms with Crippen LogP contribution < -0.4 is 26.0 Å². The second kappa shape index (κ2) is 27.8. The van der Waals surface area contributed by atoms with E-state index < -0.39 is 138 Å². The number of benzene rings is 1. The number of carbonyl (C=O) groups excluding carboxylic acids is 9. The van der Waals surface area contributed by atoms with Gasteiger partial charge in [0.1, 0.15) is 60.3 Å². The van der Waals surface area contributed by atoms with E-state index in [0.717, 1.165) is 0 Å². The molecule has 8 amide bonds. The number of esters is 1. The van der Waals surface area contributed by atoms with Crippen LogP contribution in [-0.2, 0) is 54.3 Å². The average Bonchev–Trinajstić information content (AvgIpc) is 4.06. The Morgan fingerprint density at radius 3 is 2.09 bits per heavy atom. The molecule has 0 bridgehead atoms. The maximum absolute atomic E-state index is 14.9. The first-order chi connectivity index (χ1) is 35.2. The van der Waals surface area contributed by atoms with Crippen LogP contribution in [0.3, 0.4) is 0 Å². The Morgan fingerprint density at radius 1 is 0.880 bits per heavy atom. The third kappa shape index (κ3) is 16.1. The number of carbonyl (C=O) groups is 9. The molecule has 0 unspecified atom stereocenters. The predicted molar refractivity (Wildman–Crippen MR) is 278 cm³/mol. The number of nitrogens with one attached hydrogen (secondary N) is 4. The molecule has 1 aromatic rings. The van der Waals surface area contributed by atoms with Crippen molar-refractivity contribution in [3.63, 3.8) is 0 Å². The van der Waals surface area contributed by atoms with Crippen LogP contribution in [0, 0.1) is 23.7 Å². The first-order valence-corrected chi connectivity index (χ1v) is 26.8. The lowest BCUT2D eigenvalue weighted by atomic mass is 9.91. The minimum Gasteiger partial charge on any atom is -0.497 e. The number of rotatable bonds is 15. The van der Waals surface area contributed by atoms with Gasteiger partial charge in [-0.15, -0.1) is 0 Å². The monoisotopic (exact) mass is 1050 g/mol. The van der Waals surface area contributed by atoms with Gasteiger partial charge in [-0.25, -0.2) is 4.79 Å². The molecule has 3 aliphatic heterocycles. The van der Waals surface area contributed by atoms with E-state index in [0.29, 0.717) is 37.0 Å². The van der Waals surface area contributed by atoms with Gasteiger partial charge in [-0.3, -0.25) is 38.4 Å². The minimum absolute atomic E-state index is 0.0805. The number of aliphatic hydroxyl groups excluding tert-OH is 2. The first-order valence-electron chi connectivity index (χ1n) is 26.8. The van der Waals surface area contributed by atoms with Crippen LogP contribution in [-0.4, -0.2) is 184 Å². The van der Waals surface area contributed by atoms with E-state index in [-0.39, 0.29) is 50.6 Å². The quantitative estimate of drug-likeness (QED) is 0.137. The fourth-order valence-corrected chi connectivity index (χ4v) is 10.2. The summed E-state index contributed by atoms with van der Waals surface area (Å²) in [6.07, 6.45) is -2.87. The van der Waals surface area contributed by atoms with Gasteiger partial charge in [0.2, 0.25) is 41.4 Å². The van der Waals surface area contributed by atoms with E-state index in [4.69, 9.17) is 9.47 Å². The van der Waals surface area contributed by atoms with E-state index in [1.165, 1.54) is 54.7 Å². The summed E-state index contributed by atoms with van der Waals surface area (Å²) in [5.74, 6) is -7.00. The van der Waals surface area contributed by atoms with Crippen LogP contribution in [0.2, 0.25) is 0 Å². The highest BCUT2D eigenvalue weighted by Gasteiger charge is 2.45. The highest BCUT2D eigenvalue weighted by Crippen LogP contribution is 2.27. The number of hydrogen-bond acceptors (Lipinski definition) is 13. The Labute approximate surface area is 442 Å². The van der Waals surface area contributed by atoms with Crippen molar-refractivity contribution >= 4 is 53.2 Å². The van der Waals surface area contributed by atoms with Gasteiger partial charge in [0.05, 0.1) is 25.7 Å². The number of amides is 8. The van der Waals surface area contributed by atoms with E-state index >= 15 is 0 Å². The zero-order valence-corrected chi connectivity index (χ0v) is 46.4. The number of likely N-dealkylation sites (tertiary alicyclic amines) is 1. The highest BCUT2D eigenvalue weighted by molar-refractivity contribution is 5.97. The molecule has 420 valence electrons. The Bertz CT molecular complexity index is 2170.